The quantitative estimate of drug-likeness (QED) is 0.770. The molecule has 0 amide bonds. The molecule has 0 radical (unpaired) electrons. The first-order valence-corrected chi connectivity index (χ1v) is 8.86. The van der Waals surface area contributed by atoms with Crippen LogP contribution in [0.3, 0.4) is 0 Å². The summed E-state index contributed by atoms with van der Waals surface area (Å²) in [4.78, 5) is 19.8. The van der Waals surface area contributed by atoms with Crippen molar-refractivity contribution < 1.29 is 4.79 Å². The van der Waals surface area contributed by atoms with E-state index >= 15 is 0 Å². The second kappa shape index (κ2) is 7.45. The van der Waals surface area contributed by atoms with Gasteiger partial charge >= 0.3 is 0 Å². The minimum absolute atomic E-state index is 0.0587. The smallest absolute Gasteiger partial charge is 0.167 e. The van der Waals surface area contributed by atoms with Crippen molar-refractivity contribution in [1.82, 2.24) is 9.88 Å². The highest BCUT2D eigenvalue weighted by Gasteiger charge is 2.27. The lowest BCUT2D eigenvalue weighted by atomic mass is 9.88. The Morgan fingerprint density at radius 3 is 2.88 bits per heavy atom. The van der Waals surface area contributed by atoms with Gasteiger partial charge in [0.05, 0.1) is 5.69 Å². The fourth-order valence-corrected chi connectivity index (χ4v) is 3.68. The minimum Gasteiger partial charge on any atom is -0.297 e. The van der Waals surface area contributed by atoms with Crippen LogP contribution in [0, 0.1) is 19.8 Å². The molecule has 1 fully saturated rings. The van der Waals surface area contributed by atoms with Crippen LogP contribution < -0.4 is 0 Å². The van der Waals surface area contributed by atoms with Crippen LogP contribution in [-0.4, -0.2) is 28.8 Å². The standard InChI is InChI=1S/C20H23ClN2O/c1-14-11-17(21)8-9-19(14)20(24)16-6-4-10-23(12-16)13-18-7-3-5-15(2)22-18/h3,5,7-9,11,16H,4,6,10,12-13H2,1-2H3/t16-/m0/s1. The van der Waals surface area contributed by atoms with Crippen molar-refractivity contribution in [3.8, 4) is 0 Å². The Balaban J connectivity index is 1.69. The summed E-state index contributed by atoms with van der Waals surface area (Å²) >= 11 is 6.01. The number of aromatic nitrogens is 1. The lowest BCUT2D eigenvalue weighted by Crippen LogP contribution is -2.38. The molecule has 1 atom stereocenters. The predicted octanol–water partition coefficient (Wildman–Crippen LogP) is 4.45. The Bertz CT molecular complexity index is 744. The number of ketones is 1. The number of piperidine rings is 1. The number of hydrogen-bond donors (Lipinski definition) is 0. The normalized spacial score (nSPS) is 18.5. The lowest BCUT2D eigenvalue weighted by Gasteiger charge is -2.32. The van der Waals surface area contributed by atoms with Crippen LogP contribution in [0.1, 0.15) is 40.2 Å². The van der Waals surface area contributed by atoms with Crippen molar-refractivity contribution in [2.75, 3.05) is 13.1 Å². The Morgan fingerprint density at radius 2 is 2.12 bits per heavy atom. The molecule has 4 heteroatoms. The molecule has 1 aromatic carbocycles. The molecule has 1 aliphatic heterocycles. The van der Waals surface area contributed by atoms with Gasteiger partial charge in [0.1, 0.15) is 0 Å². The zero-order chi connectivity index (χ0) is 17.1. The Morgan fingerprint density at radius 1 is 1.29 bits per heavy atom. The monoisotopic (exact) mass is 342 g/mol. The van der Waals surface area contributed by atoms with E-state index in [1.807, 2.05) is 38.1 Å². The van der Waals surface area contributed by atoms with Gasteiger partial charge < -0.3 is 0 Å². The number of carbonyl (C=O) groups excluding carboxylic acids is 1. The number of aryl methyl sites for hydroxylation is 2. The molecule has 0 unspecified atom stereocenters. The summed E-state index contributed by atoms with van der Waals surface area (Å²) in [5, 5.41) is 0.680. The van der Waals surface area contributed by atoms with Crippen molar-refractivity contribution in [3.63, 3.8) is 0 Å². The van der Waals surface area contributed by atoms with Crippen LogP contribution >= 0.6 is 11.6 Å². The summed E-state index contributed by atoms with van der Waals surface area (Å²) in [6.07, 6.45) is 2.01. The average Bonchev–Trinajstić information content (AvgIpc) is 2.54. The largest absolute Gasteiger partial charge is 0.297 e. The number of carbonyl (C=O) groups is 1. The molecule has 2 aromatic rings. The van der Waals surface area contributed by atoms with Gasteiger partial charge in [0.25, 0.3) is 0 Å². The van der Waals surface area contributed by atoms with Gasteiger partial charge in [0.2, 0.25) is 0 Å². The van der Waals surface area contributed by atoms with Gasteiger partial charge in [-0.1, -0.05) is 17.7 Å². The molecule has 3 nitrogen and oxygen atoms in total. The first-order chi connectivity index (χ1) is 11.5. The predicted molar refractivity (Wildman–Crippen MR) is 97.5 cm³/mol. The fourth-order valence-electron chi connectivity index (χ4n) is 3.45. The van der Waals surface area contributed by atoms with Gasteiger partial charge in [0.15, 0.2) is 5.78 Å². The minimum atomic E-state index is 0.0587. The van der Waals surface area contributed by atoms with Crippen molar-refractivity contribution >= 4 is 17.4 Å². The van der Waals surface area contributed by atoms with E-state index in [4.69, 9.17) is 11.6 Å². The van der Waals surface area contributed by atoms with Gasteiger partial charge in [-0.05, 0) is 69.1 Å². The third-order valence-electron chi connectivity index (χ3n) is 4.66. The number of Topliss-reactive ketones (excluding diaryl/α,β-unsaturated/α-hetero) is 1. The van der Waals surface area contributed by atoms with Crippen molar-refractivity contribution in [3.05, 3.63) is 63.9 Å². The lowest BCUT2D eigenvalue weighted by molar-refractivity contribution is 0.0809. The summed E-state index contributed by atoms with van der Waals surface area (Å²) < 4.78 is 0. The Labute approximate surface area is 148 Å². The number of benzene rings is 1. The molecule has 24 heavy (non-hydrogen) atoms. The van der Waals surface area contributed by atoms with Crippen LogP contribution in [0.2, 0.25) is 5.02 Å². The van der Waals surface area contributed by atoms with E-state index in [9.17, 15) is 4.79 Å². The second-order valence-electron chi connectivity index (χ2n) is 6.67. The molecule has 1 saturated heterocycles. The van der Waals surface area contributed by atoms with Crippen molar-refractivity contribution in [2.45, 2.75) is 33.2 Å². The van der Waals surface area contributed by atoms with Gasteiger partial charge in [-0.15, -0.1) is 0 Å². The molecule has 0 saturated carbocycles. The van der Waals surface area contributed by atoms with Crippen molar-refractivity contribution in [1.29, 1.82) is 0 Å². The van der Waals surface area contributed by atoms with Gasteiger partial charge in [-0.3, -0.25) is 14.7 Å². The Hall–Kier alpha value is -1.71. The highest BCUT2D eigenvalue weighted by Crippen LogP contribution is 2.25. The van der Waals surface area contributed by atoms with Crippen LogP contribution in [-0.2, 0) is 6.54 Å². The van der Waals surface area contributed by atoms with E-state index in [-0.39, 0.29) is 11.7 Å². The van der Waals surface area contributed by atoms with E-state index in [0.717, 1.165) is 55.0 Å². The number of rotatable bonds is 4. The highest BCUT2D eigenvalue weighted by molar-refractivity contribution is 6.30. The summed E-state index contributed by atoms with van der Waals surface area (Å²) in [6, 6.07) is 11.6. The van der Waals surface area contributed by atoms with Crippen LogP contribution in [0.4, 0.5) is 0 Å². The summed E-state index contributed by atoms with van der Waals surface area (Å²) in [7, 11) is 0. The van der Waals surface area contributed by atoms with Crippen molar-refractivity contribution in [2.24, 2.45) is 5.92 Å². The van der Waals surface area contributed by atoms with Gasteiger partial charge in [-0.25, -0.2) is 0 Å². The maximum absolute atomic E-state index is 12.9. The SMILES string of the molecule is Cc1cccc(CN2CCC[C@H](C(=O)c3ccc(Cl)cc3C)C2)n1. The molecule has 1 aliphatic rings. The van der Waals surface area contributed by atoms with E-state index in [2.05, 4.69) is 16.0 Å². The first-order valence-electron chi connectivity index (χ1n) is 8.48. The maximum Gasteiger partial charge on any atom is 0.167 e. The van der Waals surface area contributed by atoms with E-state index in [1.54, 1.807) is 6.07 Å². The molecule has 126 valence electrons. The number of hydrogen-bond acceptors (Lipinski definition) is 3. The molecule has 0 spiro atoms. The second-order valence-corrected chi connectivity index (χ2v) is 7.10. The molecule has 3 rings (SSSR count). The summed E-state index contributed by atoms with van der Waals surface area (Å²) in [5.74, 6) is 0.300. The topological polar surface area (TPSA) is 33.2 Å². The van der Waals surface area contributed by atoms with Gasteiger partial charge in [-0.2, -0.15) is 0 Å². The molecular formula is C20H23ClN2O. The number of likely N-dealkylation sites (tertiary alicyclic amines) is 1. The number of nitrogens with zero attached hydrogens (tertiary/aromatic N) is 2. The maximum atomic E-state index is 12.9. The molecule has 0 bridgehead atoms. The zero-order valence-corrected chi connectivity index (χ0v) is 15.0. The average molecular weight is 343 g/mol. The van der Waals surface area contributed by atoms with Crippen LogP contribution in [0.5, 0.6) is 0 Å². The fraction of sp³-hybridized carbons (Fsp3) is 0.400. The summed E-state index contributed by atoms with van der Waals surface area (Å²) in [6.45, 7) is 6.60. The third-order valence-corrected chi connectivity index (χ3v) is 4.90. The first kappa shape index (κ1) is 17.1. The van der Waals surface area contributed by atoms with E-state index < -0.39 is 0 Å². The molecular weight excluding hydrogens is 320 g/mol. The van der Waals surface area contributed by atoms with E-state index in [0.29, 0.717) is 5.02 Å². The van der Waals surface area contributed by atoms with Crippen LogP contribution in [0.25, 0.3) is 0 Å². The number of halogens is 1. The molecule has 2 heterocycles. The van der Waals surface area contributed by atoms with Gasteiger partial charge in [0, 0.05) is 35.3 Å². The summed E-state index contributed by atoms with van der Waals surface area (Å²) in [5.41, 5.74) is 3.88. The van der Waals surface area contributed by atoms with E-state index in [1.165, 1.54) is 0 Å². The third kappa shape index (κ3) is 4.03. The Kier molecular flexibility index (Phi) is 5.32. The van der Waals surface area contributed by atoms with Crippen LogP contribution in [0.15, 0.2) is 36.4 Å². The molecule has 0 aliphatic carbocycles. The molecule has 0 N–H and O–H groups in total. The zero-order valence-electron chi connectivity index (χ0n) is 14.3. The molecule has 1 aromatic heterocycles. The number of pyridine rings is 1. The highest BCUT2D eigenvalue weighted by atomic mass is 35.5.